The quantitative estimate of drug-likeness (QED) is 0.212. The second-order valence-electron chi connectivity index (χ2n) is 9.45. The minimum Gasteiger partial charge on any atom is -0.335 e. The van der Waals surface area contributed by atoms with Crippen molar-refractivity contribution in [3.63, 3.8) is 0 Å². The fourth-order valence-corrected chi connectivity index (χ4v) is 5.80. The van der Waals surface area contributed by atoms with Crippen molar-refractivity contribution < 1.29 is 4.79 Å². The average molecular weight is 536 g/mol. The summed E-state index contributed by atoms with van der Waals surface area (Å²) in [7, 11) is 0. The lowest BCUT2D eigenvalue weighted by Crippen LogP contribution is -2.20. The number of pyridine rings is 2. The van der Waals surface area contributed by atoms with Gasteiger partial charge >= 0.3 is 0 Å². The van der Waals surface area contributed by atoms with Gasteiger partial charge in [0.1, 0.15) is 11.2 Å². The molecule has 1 aromatic carbocycles. The smallest absolute Gasteiger partial charge is 0.227 e. The highest BCUT2D eigenvalue weighted by Crippen LogP contribution is 2.34. The molecule has 9 heteroatoms. The van der Waals surface area contributed by atoms with E-state index in [2.05, 4.69) is 53.4 Å². The molecule has 0 saturated heterocycles. The summed E-state index contributed by atoms with van der Waals surface area (Å²) in [6.45, 7) is 4.00. The van der Waals surface area contributed by atoms with E-state index < -0.39 is 0 Å². The third-order valence-corrected chi connectivity index (χ3v) is 7.76. The summed E-state index contributed by atoms with van der Waals surface area (Å²) >= 11 is 1.65. The maximum Gasteiger partial charge on any atom is 0.227 e. The first-order valence-electron chi connectivity index (χ1n) is 13.3. The lowest BCUT2D eigenvalue weighted by Gasteiger charge is -2.11. The zero-order valence-electron chi connectivity index (χ0n) is 21.9. The van der Waals surface area contributed by atoms with Gasteiger partial charge in [0, 0.05) is 34.8 Å². The molecular formula is C30H29N7OS. The topological polar surface area (TPSA) is 112 Å². The molecule has 1 saturated carbocycles. The van der Waals surface area contributed by atoms with Crippen molar-refractivity contribution in [1.29, 1.82) is 0 Å². The number of nitrogens with one attached hydrogen (secondary N) is 3. The van der Waals surface area contributed by atoms with Gasteiger partial charge in [0.15, 0.2) is 5.82 Å². The normalized spacial score (nSPS) is 13.5. The van der Waals surface area contributed by atoms with Gasteiger partial charge in [-0.2, -0.15) is 16.4 Å². The van der Waals surface area contributed by atoms with Crippen LogP contribution in [0.5, 0.6) is 0 Å². The summed E-state index contributed by atoms with van der Waals surface area (Å²) in [5.41, 5.74) is 8.09. The van der Waals surface area contributed by atoms with E-state index in [-0.39, 0.29) is 11.8 Å². The summed E-state index contributed by atoms with van der Waals surface area (Å²) in [5, 5.41) is 15.9. The van der Waals surface area contributed by atoms with Gasteiger partial charge in [-0.3, -0.25) is 19.9 Å². The van der Waals surface area contributed by atoms with Crippen LogP contribution in [0.1, 0.15) is 39.5 Å². The molecule has 1 aliphatic carbocycles. The van der Waals surface area contributed by atoms with Crippen molar-refractivity contribution in [1.82, 2.24) is 30.1 Å². The van der Waals surface area contributed by atoms with Gasteiger partial charge in [-0.25, -0.2) is 4.98 Å². The van der Waals surface area contributed by atoms with Gasteiger partial charge < -0.3 is 10.3 Å². The minimum absolute atomic E-state index is 0.0882. The van der Waals surface area contributed by atoms with Crippen LogP contribution in [0.2, 0.25) is 0 Å². The molecule has 0 spiro atoms. The number of imidazole rings is 1. The Morgan fingerprint density at radius 3 is 2.62 bits per heavy atom. The number of fused-ring (bicyclic) bond motifs is 2. The van der Waals surface area contributed by atoms with E-state index in [1.165, 1.54) is 0 Å². The first-order valence-corrected chi connectivity index (χ1v) is 14.3. The van der Waals surface area contributed by atoms with Crippen LogP contribution in [-0.4, -0.2) is 36.0 Å². The van der Waals surface area contributed by atoms with Crippen LogP contribution in [-0.2, 0) is 4.79 Å². The molecule has 7 rings (SSSR count). The summed E-state index contributed by atoms with van der Waals surface area (Å²) in [6.07, 6.45) is 11.3. The fourth-order valence-electron chi connectivity index (χ4n) is 5.15. The third-order valence-electron chi connectivity index (χ3n) is 7.08. The number of carbonyl (C=O) groups is 1. The van der Waals surface area contributed by atoms with E-state index in [1.54, 1.807) is 23.7 Å². The van der Waals surface area contributed by atoms with Gasteiger partial charge in [-0.05, 0) is 59.0 Å². The lowest BCUT2D eigenvalue weighted by atomic mass is 10.0. The molecule has 0 bridgehead atoms. The number of rotatable bonds is 5. The van der Waals surface area contributed by atoms with Crippen molar-refractivity contribution in [2.45, 2.75) is 39.5 Å². The minimum atomic E-state index is 0.0882. The molecule has 1 amide bonds. The Hall–Kier alpha value is -4.37. The number of carbonyl (C=O) groups excluding carboxylic acids is 1. The summed E-state index contributed by atoms with van der Waals surface area (Å²) in [5.74, 6) is 0.872. The fraction of sp³-hybridized carbons (Fsp3) is 0.233. The van der Waals surface area contributed by atoms with Crippen molar-refractivity contribution in [2.75, 3.05) is 5.32 Å². The Labute approximate surface area is 230 Å². The van der Waals surface area contributed by atoms with Crippen LogP contribution in [0.3, 0.4) is 0 Å². The highest BCUT2D eigenvalue weighted by atomic mass is 32.1. The Morgan fingerprint density at radius 2 is 1.79 bits per heavy atom. The molecule has 8 nitrogen and oxygen atoms in total. The molecule has 5 heterocycles. The molecule has 0 atom stereocenters. The molecule has 6 aromatic rings. The van der Waals surface area contributed by atoms with Crippen molar-refractivity contribution in [3.8, 4) is 33.8 Å². The maximum absolute atomic E-state index is 12.6. The van der Waals surface area contributed by atoms with Crippen LogP contribution in [0.4, 0.5) is 5.69 Å². The van der Waals surface area contributed by atoms with Gasteiger partial charge in [-0.15, -0.1) is 0 Å². The zero-order valence-corrected chi connectivity index (χ0v) is 22.7. The number of H-pyrrole nitrogens is 2. The van der Waals surface area contributed by atoms with E-state index in [1.807, 2.05) is 44.4 Å². The molecule has 0 unspecified atom stereocenters. The highest BCUT2D eigenvalue weighted by Gasteiger charge is 2.23. The van der Waals surface area contributed by atoms with Gasteiger partial charge in [0.2, 0.25) is 5.91 Å². The molecule has 1 aliphatic rings. The highest BCUT2D eigenvalue weighted by molar-refractivity contribution is 7.08. The van der Waals surface area contributed by atoms with Crippen LogP contribution < -0.4 is 5.32 Å². The summed E-state index contributed by atoms with van der Waals surface area (Å²) in [4.78, 5) is 29.7. The van der Waals surface area contributed by atoms with E-state index in [4.69, 9.17) is 4.98 Å². The number of aromatic nitrogens is 6. The van der Waals surface area contributed by atoms with Crippen LogP contribution in [0.25, 0.3) is 55.7 Å². The van der Waals surface area contributed by atoms with Gasteiger partial charge in [0.25, 0.3) is 0 Å². The van der Waals surface area contributed by atoms with Gasteiger partial charge in [-0.1, -0.05) is 32.8 Å². The number of nitrogens with zero attached hydrogens (tertiary/aromatic N) is 4. The zero-order chi connectivity index (χ0) is 26.8. The van der Waals surface area contributed by atoms with Crippen LogP contribution in [0, 0.1) is 5.92 Å². The largest absolute Gasteiger partial charge is 0.335 e. The number of benzene rings is 1. The predicted octanol–water partition coefficient (Wildman–Crippen LogP) is 7.45. The SMILES string of the molecule is CC.O=C(Nc1cncc(-c2ccc3[nH]nc(-c4nc5c(-c6ccsc6)cncc5[nH]4)c3c2)c1)C1CCCC1. The lowest BCUT2D eigenvalue weighted by molar-refractivity contribution is -0.119. The second-order valence-corrected chi connectivity index (χ2v) is 10.2. The molecule has 196 valence electrons. The second kappa shape index (κ2) is 10.8. The summed E-state index contributed by atoms with van der Waals surface area (Å²) in [6, 6.07) is 10.2. The van der Waals surface area contributed by atoms with E-state index in [9.17, 15) is 4.79 Å². The van der Waals surface area contributed by atoms with E-state index >= 15 is 0 Å². The Morgan fingerprint density at radius 1 is 0.949 bits per heavy atom. The van der Waals surface area contributed by atoms with Crippen LogP contribution in [0.15, 0.2) is 65.9 Å². The Balaban J connectivity index is 0.00000135. The number of anilines is 1. The van der Waals surface area contributed by atoms with Gasteiger partial charge in [0.05, 0.1) is 29.1 Å². The number of amides is 1. The molecule has 5 aromatic heterocycles. The maximum atomic E-state index is 12.6. The number of hydrogen-bond acceptors (Lipinski definition) is 6. The molecule has 0 aliphatic heterocycles. The van der Waals surface area contributed by atoms with E-state index in [0.717, 1.165) is 75.6 Å². The van der Waals surface area contributed by atoms with E-state index in [0.29, 0.717) is 11.5 Å². The Bertz CT molecular complexity index is 1750. The number of hydrogen-bond donors (Lipinski definition) is 3. The third kappa shape index (κ3) is 4.81. The summed E-state index contributed by atoms with van der Waals surface area (Å²) < 4.78 is 0. The number of thiophene rings is 1. The van der Waals surface area contributed by atoms with Crippen molar-refractivity contribution in [2.24, 2.45) is 5.92 Å². The van der Waals surface area contributed by atoms with Crippen molar-refractivity contribution >= 4 is 44.9 Å². The monoisotopic (exact) mass is 535 g/mol. The molecular weight excluding hydrogens is 506 g/mol. The first-order chi connectivity index (χ1) is 19.2. The predicted molar refractivity (Wildman–Crippen MR) is 157 cm³/mol. The standard InChI is InChI=1S/C28H23N7OS.C2H6/c36-28(16-3-1-2-4-16)31-20-9-19(11-29-12-20)17-5-6-23-21(10-17)26(35-34-23)27-32-24-14-30-13-22(25(24)33-27)18-7-8-37-15-18;1-2/h5-16H,1-4H2,(H,31,36)(H,32,33)(H,34,35);1-2H3. The molecule has 1 fully saturated rings. The Kier molecular flexibility index (Phi) is 6.89. The average Bonchev–Trinajstić information content (AvgIpc) is 3.80. The molecule has 0 radical (unpaired) electrons. The first kappa shape index (κ1) is 24.9. The molecule has 39 heavy (non-hydrogen) atoms. The number of aromatic amines is 2. The van der Waals surface area contributed by atoms with Crippen molar-refractivity contribution in [3.05, 3.63) is 65.9 Å². The molecule has 3 N–H and O–H groups in total. The van der Waals surface area contributed by atoms with Crippen LogP contribution >= 0.6 is 11.3 Å².